The van der Waals surface area contributed by atoms with Gasteiger partial charge in [0.1, 0.15) is 5.75 Å². The van der Waals surface area contributed by atoms with Gasteiger partial charge < -0.3 is 9.84 Å². The number of nitriles is 1. The zero-order chi connectivity index (χ0) is 14.8. The first-order valence-corrected chi connectivity index (χ1v) is 6.40. The second-order valence-corrected chi connectivity index (χ2v) is 4.57. The molecular formula is C17H12N2O2. The molecule has 3 aromatic rings. The summed E-state index contributed by atoms with van der Waals surface area (Å²) in [5.74, 6) is 0.644. The van der Waals surface area contributed by atoms with Gasteiger partial charge in [0.2, 0.25) is 5.88 Å². The summed E-state index contributed by atoms with van der Waals surface area (Å²) in [6, 6.07) is 14.5. The second kappa shape index (κ2) is 5.14. The van der Waals surface area contributed by atoms with E-state index in [-0.39, 0.29) is 5.75 Å². The smallest absolute Gasteiger partial charge is 0.221 e. The van der Waals surface area contributed by atoms with E-state index < -0.39 is 0 Å². The molecule has 0 aliphatic rings. The average Bonchev–Trinajstić information content (AvgIpc) is 2.54. The number of pyridine rings is 1. The molecule has 0 saturated carbocycles. The lowest BCUT2D eigenvalue weighted by Crippen LogP contribution is -1.92. The molecule has 4 nitrogen and oxygen atoms in total. The second-order valence-electron chi connectivity index (χ2n) is 4.57. The molecule has 0 spiro atoms. The number of fused-ring (bicyclic) bond motifs is 1. The Hall–Kier alpha value is -3.06. The molecule has 3 rings (SSSR count). The Labute approximate surface area is 121 Å². The fraction of sp³-hybridized carbons (Fsp3) is 0.0588. The zero-order valence-corrected chi connectivity index (χ0v) is 11.4. The lowest BCUT2D eigenvalue weighted by molar-refractivity contribution is 0.403. The first-order valence-electron chi connectivity index (χ1n) is 6.40. The zero-order valence-electron chi connectivity index (χ0n) is 11.4. The van der Waals surface area contributed by atoms with Gasteiger partial charge in [0.05, 0.1) is 18.7 Å². The summed E-state index contributed by atoms with van der Waals surface area (Å²) in [7, 11) is 1.55. The quantitative estimate of drug-likeness (QED) is 0.778. The molecule has 4 heteroatoms. The number of rotatable bonds is 2. The Morgan fingerprint density at radius 3 is 2.57 bits per heavy atom. The number of nitrogens with zero attached hydrogens (tertiary/aromatic N) is 2. The molecule has 0 bridgehead atoms. The molecule has 1 aromatic heterocycles. The maximum atomic E-state index is 10.2. The number of aromatic hydroxyl groups is 1. The highest BCUT2D eigenvalue weighted by Crippen LogP contribution is 2.37. The van der Waals surface area contributed by atoms with Crippen molar-refractivity contribution < 1.29 is 9.84 Å². The summed E-state index contributed by atoms with van der Waals surface area (Å²) < 4.78 is 5.24. The van der Waals surface area contributed by atoms with E-state index in [4.69, 9.17) is 10.00 Å². The molecule has 0 aliphatic heterocycles. The summed E-state index contributed by atoms with van der Waals surface area (Å²) in [5.41, 5.74) is 2.28. The molecule has 0 unspecified atom stereocenters. The van der Waals surface area contributed by atoms with E-state index in [2.05, 4.69) is 11.1 Å². The lowest BCUT2D eigenvalue weighted by Gasteiger charge is -2.11. The molecule has 1 heterocycles. The minimum Gasteiger partial charge on any atom is -0.507 e. The summed E-state index contributed by atoms with van der Waals surface area (Å²) in [6.45, 7) is 0. The largest absolute Gasteiger partial charge is 0.507 e. The van der Waals surface area contributed by atoms with Crippen molar-refractivity contribution in [2.75, 3.05) is 7.11 Å². The molecule has 0 atom stereocenters. The number of hydrogen-bond donors (Lipinski definition) is 1. The van der Waals surface area contributed by atoms with Crippen LogP contribution in [-0.2, 0) is 0 Å². The van der Waals surface area contributed by atoms with Gasteiger partial charge >= 0.3 is 0 Å². The van der Waals surface area contributed by atoms with E-state index in [1.165, 1.54) is 0 Å². The maximum Gasteiger partial charge on any atom is 0.221 e. The topological polar surface area (TPSA) is 66.1 Å². The van der Waals surface area contributed by atoms with E-state index in [1.54, 1.807) is 37.6 Å². The van der Waals surface area contributed by atoms with Crippen LogP contribution in [0.2, 0.25) is 0 Å². The molecule has 102 valence electrons. The van der Waals surface area contributed by atoms with E-state index in [1.807, 2.05) is 18.2 Å². The molecule has 2 aromatic carbocycles. The van der Waals surface area contributed by atoms with Crippen molar-refractivity contribution in [3.05, 3.63) is 54.2 Å². The average molecular weight is 276 g/mol. The van der Waals surface area contributed by atoms with Crippen molar-refractivity contribution in [3.63, 3.8) is 0 Å². The van der Waals surface area contributed by atoms with Gasteiger partial charge in [0.15, 0.2) is 0 Å². The number of ether oxygens (including phenoxy) is 1. The van der Waals surface area contributed by atoms with E-state index in [0.29, 0.717) is 16.8 Å². The number of phenols is 1. The van der Waals surface area contributed by atoms with Gasteiger partial charge in [-0.15, -0.1) is 0 Å². The maximum absolute atomic E-state index is 10.2. The van der Waals surface area contributed by atoms with Crippen molar-refractivity contribution in [1.82, 2.24) is 4.98 Å². The molecule has 0 amide bonds. The first-order chi connectivity index (χ1) is 10.2. The van der Waals surface area contributed by atoms with Gasteiger partial charge in [-0.2, -0.15) is 5.26 Å². The molecule has 0 saturated heterocycles. The summed E-state index contributed by atoms with van der Waals surface area (Å²) >= 11 is 0. The van der Waals surface area contributed by atoms with Crippen LogP contribution in [0.4, 0.5) is 0 Å². The minimum atomic E-state index is 0.174. The highest BCUT2D eigenvalue weighted by Gasteiger charge is 2.12. The van der Waals surface area contributed by atoms with Crippen molar-refractivity contribution in [3.8, 4) is 28.8 Å². The minimum absolute atomic E-state index is 0.174. The highest BCUT2D eigenvalue weighted by molar-refractivity contribution is 6.02. The number of methoxy groups -OCH3 is 1. The van der Waals surface area contributed by atoms with Crippen molar-refractivity contribution in [1.29, 1.82) is 5.26 Å². The molecule has 0 fully saturated rings. The summed E-state index contributed by atoms with van der Waals surface area (Å²) in [6.07, 6.45) is 1.67. The molecule has 0 radical (unpaired) electrons. The van der Waals surface area contributed by atoms with Gasteiger partial charge in [-0.25, -0.2) is 4.98 Å². The monoisotopic (exact) mass is 276 g/mol. The van der Waals surface area contributed by atoms with Gasteiger partial charge in [-0.05, 0) is 29.8 Å². The Morgan fingerprint density at radius 1 is 1.14 bits per heavy atom. The summed E-state index contributed by atoms with van der Waals surface area (Å²) in [5, 5.41) is 20.5. The first kappa shape index (κ1) is 12.9. The van der Waals surface area contributed by atoms with Crippen LogP contribution >= 0.6 is 0 Å². The normalized spacial score (nSPS) is 10.3. The third-order valence-corrected chi connectivity index (χ3v) is 3.37. The van der Waals surface area contributed by atoms with Crippen LogP contribution in [0.5, 0.6) is 11.6 Å². The van der Waals surface area contributed by atoms with Crippen molar-refractivity contribution >= 4 is 10.8 Å². The summed E-state index contributed by atoms with van der Waals surface area (Å²) in [4.78, 5) is 4.29. The molecule has 1 N–H and O–H groups in total. The number of benzene rings is 2. The van der Waals surface area contributed by atoms with Gasteiger partial charge in [-0.3, -0.25) is 0 Å². The lowest BCUT2D eigenvalue weighted by atomic mass is 9.99. The predicted molar refractivity (Wildman–Crippen MR) is 80.1 cm³/mol. The van der Waals surface area contributed by atoms with E-state index in [0.717, 1.165) is 16.5 Å². The molecule has 21 heavy (non-hydrogen) atoms. The third kappa shape index (κ3) is 2.15. The van der Waals surface area contributed by atoms with Crippen LogP contribution in [0.25, 0.3) is 21.9 Å². The molecular weight excluding hydrogens is 264 g/mol. The van der Waals surface area contributed by atoms with Gasteiger partial charge in [-0.1, -0.05) is 18.2 Å². The predicted octanol–water partition coefficient (Wildman–Crippen LogP) is 3.49. The number of phenolic OH excluding ortho intramolecular Hbond substituents is 1. The Balaban J connectivity index is 2.30. The van der Waals surface area contributed by atoms with Crippen LogP contribution < -0.4 is 4.74 Å². The van der Waals surface area contributed by atoms with Crippen molar-refractivity contribution in [2.45, 2.75) is 0 Å². The van der Waals surface area contributed by atoms with Crippen LogP contribution in [-0.4, -0.2) is 17.2 Å². The van der Waals surface area contributed by atoms with E-state index in [9.17, 15) is 5.11 Å². The Bertz CT molecular complexity index is 849. The third-order valence-electron chi connectivity index (χ3n) is 3.37. The van der Waals surface area contributed by atoms with Crippen LogP contribution in [0.15, 0.2) is 48.7 Å². The SMILES string of the molecule is COc1ncc(-c2ccc(C#N)cc2)c2c(O)cccc12. The Morgan fingerprint density at radius 2 is 1.90 bits per heavy atom. The van der Waals surface area contributed by atoms with Crippen LogP contribution in [0.1, 0.15) is 5.56 Å². The Kier molecular flexibility index (Phi) is 3.17. The highest BCUT2D eigenvalue weighted by atomic mass is 16.5. The van der Waals surface area contributed by atoms with Gasteiger partial charge in [0.25, 0.3) is 0 Å². The molecule has 0 aliphatic carbocycles. The van der Waals surface area contributed by atoms with Crippen molar-refractivity contribution in [2.24, 2.45) is 0 Å². The number of hydrogen-bond acceptors (Lipinski definition) is 4. The van der Waals surface area contributed by atoms with Crippen LogP contribution in [0.3, 0.4) is 0 Å². The van der Waals surface area contributed by atoms with Crippen LogP contribution in [0, 0.1) is 11.3 Å². The van der Waals surface area contributed by atoms with Gasteiger partial charge in [0, 0.05) is 22.5 Å². The standard InChI is InChI=1S/C17H12N2O2/c1-21-17-13-3-2-4-15(20)16(13)14(10-19-17)12-7-5-11(9-18)6-8-12/h2-8,10,20H,1H3. The van der Waals surface area contributed by atoms with E-state index >= 15 is 0 Å². The number of aromatic nitrogens is 1. The fourth-order valence-corrected chi connectivity index (χ4v) is 2.36. The fourth-order valence-electron chi connectivity index (χ4n) is 2.36.